The van der Waals surface area contributed by atoms with Gasteiger partial charge in [-0.25, -0.2) is 17.6 Å². The minimum atomic E-state index is -4.64. The van der Waals surface area contributed by atoms with Gasteiger partial charge in [-0.05, 0) is 71.5 Å². The van der Waals surface area contributed by atoms with Crippen molar-refractivity contribution in [3.63, 3.8) is 0 Å². The number of carbonyl (C=O) groups is 1. The number of aliphatic hydroxyl groups excluding tert-OH is 4. The van der Waals surface area contributed by atoms with Crippen LogP contribution in [0, 0.1) is 30.2 Å². The highest BCUT2D eigenvalue weighted by Gasteiger charge is 2.44. The number of halogens is 7. The Labute approximate surface area is 337 Å². The number of aliphatic hydroxyl groups is 4. The highest BCUT2D eigenvalue weighted by atomic mass is 32.1. The molecule has 3 aromatic carbocycles. The number of hydrogen-bond donors (Lipinski definition) is 5. The molecule has 2 aliphatic heterocycles. The Hall–Kier alpha value is -4.76. The molecule has 59 heavy (non-hydrogen) atoms. The lowest BCUT2D eigenvalue weighted by atomic mass is 9.89. The molecule has 6 atom stereocenters. The van der Waals surface area contributed by atoms with Gasteiger partial charge in [0.2, 0.25) is 11.7 Å². The maximum absolute atomic E-state index is 13.7. The molecule has 1 saturated heterocycles. The van der Waals surface area contributed by atoms with Gasteiger partial charge in [-0.1, -0.05) is 30.3 Å². The fourth-order valence-electron chi connectivity index (χ4n) is 6.87. The summed E-state index contributed by atoms with van der Waals surface area (Å²) in [6, 6.07) is 16.3. The first-order valence-electron chi connectivity index (χ1n) is 18.3. The van der Waals surface area contributed by atoms with Gasteiger partial charge in [0.05, 0.1) is 13.2 Å². The molecule has 6 N–H and O–H groups in total. The van der Waals surface area contributed by atoms with Crippen LogP contribution in [0.25, 0.3) is 10.4 Å². The average Bonchev–Trinajstić information content (AvgIpc) is 3.85. The van der Waals surface area contributed by atoms with Crippen LogP contribution in [-0.4, -0.2) is 89.6 Å². The number of hydrogen-bond acceptors (Lipinski definition) is 10. The number of ether oxygens (including phenoxy) is 1. The number of fused-ring (bicyclic) bond motifs is 1. The van der Waals surface area contributed by atoms with Gasteiger partial charge < -0.3 is 40.4 Å². The maximum atomic E-state index is 13.7. The summed E-state index contributed by atoms with van der Waals surface area (Å²) in [6.45, 7) is 1.24. The smallest absolute Gasteiger partial charge is 0.394 e. The largest absolute Gasteiger partial charge is 0.451 e. The normalized spacial score (nSPS) is 21.1. The molecule has 0 radical (unpaired) electrons. The second-order valence-corrected chi connectivity index (χ2v) is 15.5. The summed E-state index contributed by atoms with van der Waals surface area (Å²) in [7, 11) is 0. The Kier molecular flexibility index (Phi) is 13.5. The topological polar surface area (TPSA) is 167 Å². The molecule has 7 rings (SSSR count). The molecule has 1 fully saturated rings. The van der Waals surface area contributed by atoms with E-state index in [1.54, 1.807) is 23.5 Å². The van der Waals surface area contributed by atoms with Crippen LogP contribution >= 0.6 is 11.3 Å². The molecule has 1 amide bonds. The Morgan fingerprint density at radius 1 is 0.898 bits per heavy atom. The van der Waals surface area contributed by atoms with Crippen molar-refractivity contribution in [2.75, 3.05) is 13.2 Å². The molecular formula is C40H40F7N5O6S. The van der Waals surface area contributed by atoms with Gasteiger partial charge in [-0.2, -0.15) is 13.2 Å². The van der Waals surface area contributed by atoms with Gasteiger partial charge in [-0.15, -0.1) is 21.5 Å². The first kappa shape index (κ1) is 43.8. The molecule has 0 bridgehead atoms. The van der Waals surface area contributed by atoms with Crippen LogP contribution < -0.4 is 5.73 Å². The summed E-state index contributed by atoms with van der Waals surface area (Å²) in [5, 5.41) is 46.6. The summed E-state index contributed by atoms with van der Waals surface area (Å²) in [6.07, 6.45) is -10.3. The van der Waals surface area contributed by atoms with Gasteiger partial charge in [0.15, 0.2) is 17.5 Å². The molecule has 5 aromatic rings. The number of benzene rings is 3. The molecule has 316 valence electrons. The van der Waals surface area contributed by atoms with Crippen molar-refractivity contribution in [3.05, 3.63) is 129 Å². The summed E-state index contributed by atoms with van der Waals surface area (Å²) >= 11 is 1.63. The predicted molar refractivity (Wildman–Crippen MR) is 199 cm³/mol. The zero-order valence-electron chi connectivity index (χ0n) is 31.3. The number of nitrogens with zero attached hydrogens (tertiary/aromatic N) is 4. The van der Waals surface area contributed by atoms with E-state index >= 15 is 0 Å². The SMILES string of the molecule is Cc1ccc([C@@H]2O[C@H](CO)[C@@H](O)[C@H](O)[C@H]2O)cc1Cc1ccc(-c2ccc(F)cc2)s1.N[C@@H](CC(=O)N1CCn2c(nnc2C(F)(F)F)C1)Cc1cc(F)c(F)cc1F. The van der Waals surface area contributed by atoms with E-state index in [1.807, 2.05) is 37.3 Å². The quantitative estimate of drug-likeness (QED) is 0.102. The molecule has 2 aliphatic rings. The Morgan fingerprint density at radius 2 is 1.61 bits per heavy atom. The minimum Gasteiger partial charge on any atom is -0.394 e. The first-order chi connectivity index (χ1) is 27.9. The number of aryl methyl sites for hydroxylation is 1. The van der Waals surface area contributed by atoms with Crippen molar-refractivity contribution in [2.24, 2.45) is 5.73 Å². The van der Waals surface area contributed by atoms with E-state index in [1.165, 1.54) is 17.0 Å². The van der Waals surface area contributed by atoms with Crippen molar-refractivity contribution in [2.45, 2.75) is 82.0 Å². The number of amides is 1. The van der Waals surface area contributed by atoms with E-state index in [2.05, 4.69) is 10.2 Å². The van der Waals surface area contributed by atoms with Crippen LogP contribution in [0.4, 0.5) is 30.7 Å². The van der Waals surface area contributed by atoms with Gasteiger partial charge >= 0.3 is 6.18 Å². The zero-order chi connectivity index (χ0) is 42.8. The van der Waals surface area contributed by atoms with E-state index in [0.717, 1.165) is 31.0 Å². The van der Waals surface area contributed by atoms with Gasteiger partial charge in [-0.3, -0.25) is 4.79 Å². The highest BCUT2D eigenvalue weighted by molar-refractivity contribution is 7.15. The number of alkyl halides is 3. The molecule has 4 heterocycles. The molecular weight excluding hydrogens is 812 g/mol. The third-order valence-corrected chi connectivity index (χ3v) is 11.3. The summed E-state index contributed by atoms with van der Waals surface area (Å²) in [4.78, 5) is 15.8. The number of thiophene rings is 1. The summed E-state index contributed by atoms with van der Waals surface area (Å²) in [5.74, 6) is -5.41. The average molecular weight is 852 g/mol. The van der Waals surface area contributed by atoms with E-state index in [4.69, 9.17) is 10.5 Å². The summed E-state index contributed by atoms with van der Waals surface area (Å²) in [5.41, 5.74) is 9.39. The van der Waals surface area contributed by atoms with Crippen molar-refractivity contribution < 1.29 is 60.7 Å². The van der Waals surface area contributed by atoms with Gasteiger partial charge in [0.1, 0.15) is 42.2 Å². The second-order valence-electron chi connectivity index (χ2n) is 14.3. The molecule has 0 spiro atoms. The molecule has 19 heteroatoms. The zero-order valence-corrected chi connectivity index (χ0v) is 32.1. The van der Waals surface area contributed by atoms with Crippen molar-refractivity contribution in [1.29, 1.82) is 0 Å². The third-order valence-electron chi connectivity index (χ3n) is 10.1. The molecule has 0 aliphatic carbocycles. The van der Waals surface area contributed by atoms with Crippen LogP contribution in [0.15, 0.2) is 66.7 Å². The van der Waals surface area contributed by atoms with E-state index in [0.29, 0.717) is 24.1 Å². The lowest BCUT2D eigenvalue weighted by Crippen LogP contribution is -2.55. The molecule has 11 nitrogen and oxygen atoms in total. The Balaban J connectivity index is 0.000000199. The van der Waals surface area contributed by atoms with E-state index in [9.17, 15) is 56.0 Å². The number of carbonyl (C=O) groups excluding carboxylic acids is 1. The van der Waals surface area contributed by atoms with Crippen LogP contribution in [-0.2, 0) is 41.6 Å². The second kappa shape index (κ2) is 18.2. The van der Waals surface area contributed by atoms with Crippen LogP contribution in [0.1, 0.15) is 51.3 Å². The monoisotopic (exact) mass is 851 g/mol. The van der Waals surface area contributed by atoms with E-state index < -0.39 is 78.5 Å². The van der Waals surface area contributed by atoms with Crippen LogP contribution in [0.2, 0.25) is 0 Å². The Morgan fingerprint density at radius 3 is 2.31 bits per heavy atom. The number of nitrogens with two attached hydrogens (primary N) is 1. The third kappa shape index (κ3) is 10.2. The highest BCUT2D eigenvalue weighted by Crippen LogP contribution is 2.35. The molecule has 0 saturated carbocycles. The fourth-order valence-corrected chi connectivity index (χ4v) is 7.91. The first-order valence-corrected chi connectivity index (χ1v) is 19.2. The molecule has 0 unspecified atom stereocenters. The Bertz CT molecular complexity index is 2250. The maximum Gasteiger partial charge on any atom is 0.451 e. The predicted octanol–water partition coefficient (Wildman–Crippen LogP) is 4.98. The lowest BCUT2D eigenvalue weighted by Gasteiger charge is -2.40. The number of aromatic nitrogens is 3. The standard InChI is InChI=1S/C24H25FO5S.C16H15F6N5O/c1-13-2-3-15(24-23(29)22(28)21(27)19(12-26)30-24)10-16(13)11-18-8-9-20(31-18)14-4-6-17(25)7-5-14;17-10-6-12(19)11(18)4-8(10)3-9(23)5-14(28)26-1-2-27-13(7-26)24-25-15(27)16(20,21)22/h2-10,19,21-24,26-29H,11-12H2,1H3;4,6,9H,1-3,5,7,23H2/t19-,21-,22+,23-,24+;9-/m11/s1. The number of rotatable bonds is 9. The van der Waals surface area contributed by atoms with E-state index in [-0.39, 0.29) is 49.7 Å². The van der Waals surface area contributed by atoms with Crippen molar-refractivity contribution >= 4 is 17.2 Å². The molecule has 2 aromatic heterocycles. The van der Waals surface area contributed by atoms with Crippen LogP contribution in [0.5, 0.6) is 0 Å². The van der Waals surface area contributed by atoms with Crippen molar-refractivity contribution in [1.82, 2.24) is 19.7 Å². The lowest BCUT2D eigenvalue weighted by molar-refractivity contribution is -0.231. The van der Waals surface area contributed by atoms with Crippen LogP contribution in [0.3, 0.4) is 0 Å². The summed E-state index contributed by atoms with van der Waals surface area (Å²) < 4.78 is 98.1. The minimum absolute atomic E-state index is 0.000783. The van der Waals surface area contributed by atoms with Gasteiger partial charge in [0.25, 0.3) is 0 Å². The van der Waals surface area contributed by atoms with Crippen molar-refractivity contribution in [3.8, 4) is 10.4 Å². The van der Waals surface area contributed by atoms with Gasteiger partial charge in [0, 0.05) is 47.8 Å². The fraction of sp³-hybridized carbons (Fsp3) is 0.375.